The van der Waals surface area contributed by atoms with Crippen LogP contribution in [-0.4, -0.2) is 46.5 Å². The Hall–Kier alpha value is -4.37. The highest BCUT2D eigenvalue weighted by Crippen LogP contribution is 2.46. The molecule has 8 heteroatoms. The van der Waals surface area contributed by atoms with Crippen LogP contribution in [0, 0.1) is 5.92 Å². The van der Waals surface area contributed by atoms with Crippen molar-refractivity contribution in [3.05, 3.63) is 125 Å². The van der Waals surface area contributed by atoms with Gasteiger partial charge in [0.1, 0.15) is 30.4 Å². The molecule has 0 spiro atoms. The Morgan fingerprint density at radius 2 is 1.37 bits per heavy atom. The van der Waals surface area contributed by atoms with Crippen molar-refractivity contribution in [2.75, 3.05) is 34.4 Å². The van der Waals surface area contributed by atoms with Crippen LogP contribution in [0.3, 0.4) is 0 Å². The molecule has 4 aromatic carbocycles. The monoisotopic (exact) mass is 582 g/mol. The number of hydrogen-bond donors (Lipinski definition) is 0. The van der Waals surface area contributed by atoms with E-state index in [1.54, 1.807) is 19.2 Å². The second-order valence-corrected chi connectivity index (χ2v) is 10.4. The number of rotatable bonds is 12. The zero-order chi connectivity index (χ0) is 29.6. The van der Waals surface area contributed by atoms with Crippen molar-refractivity contribution in [1.82, 2.24) is 0 Å². The Labute approximate surface area is 251 Å². The van der Waals surface area contributed by atoms with E-state index in [9.17, 15) is 4.79 Å². The van der Waals surface area contributed by atoms with Gasteiger partial charge in [-0.25, -0.2) is 0 Å². The fourth-order valence-corrected chi connectivity index (χ4v) is 5.92. The molecule has 2 aliphatic heterocycles. The topological polar surface area (TPSA) is 81.7 Å². The highest BCUT2D eigenvalue weighted by Gasteiger charge is 2.45. The molecule has 0 radical (unpaired) electrons. The molecule has 0 unspecified atom stereocenters. The molecule has 2 aliphatic rings. The lowest BCUT2D eigenvalue weighted by Crippen LogP contribution is -2.35. The van der Waals surface area contributed by atoms with Gasteiger partial charge in [0.15, 0.2) is 11.5 Å². The van der Waals surface area contributed by atoms with Gasteiger partial charge in [0.25, 0.3) is 0 Å². The van der Waals surface area contributed by atoms with E-state index in [0.717, 1.165) is 16.7 Å². The van der Waals surface area contributed by atoms with Crippen LogP contribution in [0.15, 0.2) is 103 Å². The minimum Gasteiger partial charge on any atom is -0.496 e. The van der Waals surface area contributed by atoms with Crippen LogP contribution in [0.4, 0.5) is 0 Å². The molecule has 0 aliphatic carbocycles. The minimum atomic E-state index is -0.930. The van der Waals surface area contributed by atoms with Gasteiger partial charge in [-0.2, -0.15) is 0 Å². The largest absolute Gasteiger partial charge is 0.496 e. The molecule has 8 nitrogen and oxygen atoms in total. The van der Waals surface area contributed by atoms with E-state index in [-0.39, 0.29) is 26.2 Å². The van der Waals surface area contributed by atoms with Crippen LogP contribution in [0.1, 0.15) is 34.8 Å². The Kier molecular flexibility index (Phi) is 8.60. The normalized spacial score (nSPS) is 18.3. The van der Waals surface area contributed by atoms with Crippen LogP contribution in [0.2, 0.25) is 0 Å². The standard InChI is InChI=1S/C35H34O8/c1-37-22-41-33(28-19-31-32(40-23-39-31)20-30(28)38-2)29-18-27(43-34(29)36)21-42-35(24-12-6-3-7-13-24,25-14-8-4-9-15-25)26-16-10-5-11-17-26/h3-17,19-20,27,29,33H,18,21-23H2,1-2H3/t27-,29-,33+/m0/s1. The van der Waals surface area contributed by atoms with E-state index in [1.165, 1.54) is 7.11 Å². The number of carbonyl (C=O) groups is 1. The van der Waals surface area contributed by atoms with E-state index >= 15 is 0 Å². The maximum absolute atomic E-state index is 13.4. The Morgan fingerprint density at radius 3 is 1.91 bits per heavy atom. The van der Waals surface area contributed by atoms with Crippen molar-refractivity contribution >= 4 is 5.97 Å². The average molecular weight is 583 g/mol. The fourth-order valence-electron chi connectivity index (χ4n) is 5.92. The molecular formula is C35H34O8. The summed E-state index contributed by atoms with van der Waals surface area (Å²) in [7, 11) is 3.10. The molecule has 0 bridgehead atoms. The lowest BCUT2D eigenvalue weighted by atomic mass is 9.80. The Balaban J connectivity index is 1.31. The van der Waals surface area contributed by atoms with Crippen LogP contribution in [-0.2, 0) is 29.3 Å². The summed E-state index contributed by atoms with van der Waals surface area (Å²) in [6.45, 7) is 0.255. The Bertz CT molecular complexity index is 1410. The number of hydrogen-bond acceptors (Lipinski definition) is 8. The molecule has 0 aromatic heterocycles. The predicted molar refractivity (Wildman–Crippen MR) is 158 cm³/mol. The molecule has 0 N–H and O–H groups in total. The molecule has 3 atom stereocenters. The average Bonchev–Trinajstić information content (AvgIpc) is 3.68. The van der Waals surface area contributed by atoms with Gasteiger partial charge in [0.05, 0.1) is 19.6 Å². The fraction of sp³-hybridized carbons (Fsp3) is 0.286. The zero-order valence-corrected chi connectivity index (χ0v) is 24.1. The summed E-state index contributed by atoms with van der Waals surface area (Å²) in [5, 5.41) is 0. The molecular weight excluding hydrogens is 548 g/mol. The Morgan fingerprint density at radius 1 is 0.814 bits per heavy atom. The molecule has 0 saturated carbocycles. The lowest BCUT2D eigenvalue weighted by Gasteiger charge is -2.36. The minimum absolute atomic E-state index is 0.0215. The van der Waals surface area contributed by atoms with Crippen LogP contribution in [0.25, 0.3) is 0 Å². The smallest absolute Gasteiger partial charge is 0.312 e. The summed E-state index contributed by atoms with van der Waals surface area (Å²) in [4.78, 5) is 13.4. The third kappa shape index (κ3) is 5.69. The summed E-state index contributed by atoms with van der Waals surface area (Å²) in [6, 6.07) is 33.9. The highest BCUT2D eigenvalue weighted by atomic mass is 16.7. The summed E-state index contributed by atoms with van der Waals surface area (Å²) in [5.74, 6) is 0.655. The van der Waals surface area contributed by atoms with Gasteiger partial charge >= 0.3 is 5.97 Å². The van der Waals surface area contributed by atoms with E-state index in [0.29, 0.717) is 29.2 Å². The van der Waals surface area contributed by atoms with Crippen molar-refractivity contribution in [2.45, 2.75) is 24.2 Å². The second kappa shape index (κ2) is 12.9. The van der Waals surface area contributed by atoms with Crippen molar-refractivity contribution in [3.8, 4) is 17.2 Å². The lowest BCUT2D eigenvalue weighted by molar-refractivity contribution is -0.154. The van der Waals surface area contributed by atoms with Gasteiger partial charge in [-0.3, -0.25) is 4.79 Å². The summed E-state index contributed by atoms with van der Waals surface area (Å²) < 4.78 is 41.0. The van der Waals surface area contributed by atoms with Gasteiger partial charge < -0.3 is 33.2 Å². The van der Waals surface area contributed by atoms with Crippen molar-refractivity contribution in [3.63, 3.8) is 0 Å². The van der Waals surface area contributed by atoms with E-state index in [1.807, 2.05) is 54.6 Å². The first-order chi connectivity index (χ1) is 21.1. The molecule has 2 heterocycles. The summed E-state index contributed by atoms with van der Waals surface area (Å²) in [5.41, 5.74) is 2.64. The van der Waals surface area contributed by atoms with Crippen LogP contribution < -0.4 is 14.2 Å². The molecule has 222 valence electrons. The van der Waals surface area contributed by atoms with Gasteiger partial charge in [0.2, 0.25) is 6.79 Å². The second-order valence-electron chi connectivity index (χ2n) is 10.4. The van der Waals surface area contributed by atoms with E-state index in [2.05, 4.69) is 36.4 Å². The van der Waals surface area contributed by atoms with Crippen molar-refractivity contribution in [2.24, 2.45) is 5.92 Å². The maximum atomic E-state index is 13.4. The molecule has 1 saturated heterocycles. The number of benzene rings is 4. The SMILES string of the molecule is COCO[C@H](c1cc2c(cc1OC)OCO2)[C@@H]1C[C@@H](COC(c2ccccc2)(c2ccccc2)c2ccccc2)OC1=O. The third-order valence-electron chi connectivity index (χ3n) is 7.89. The van der Waals surface area contributed by atoms with Crippen LogP contribution >= 0.6 is 0 Å². The summed E-state index contributed by atoms with van der Waals surface area (Å²) in [6.07, 6.45) is -0.843. The molecule has 6 rings (SSSR count). The number of cyclic esters (lactones) is 1. The van der Waals surface area contributed by atoms with Crippen LogP contribution in [0.5, 0.6) is 17.2 Å². The summed E-state index contributed by atoms with van der Waals surface area (Å²) >= 11 is 0. The van der Waals surface area contributed by atoms with E-state index < -0.39 is 23.7 Å². The first kappa shape index (κ1) is 28.7. The molecule has 4 aromatic rings. The number of esters is 1. The van der Waals surface area contributed by atoms with Gasteiger partial charge in [-0.05, 0) is 22.8 Å². The zero-order valence-electron chi connectivity index (χ0n) is 24.1. The van der Waals surface area contributed by atoms with E-state index in [4.69, 9.17) is 33.2 Å². The molecule has 43 heavy (non-hydrogen) atoms. The first-order valence-electron chi connectivity index (χ1n) is 14.2. The van der Waals surface area contributed by atoms with Gasteiger partial charge in [-0.15, -0.1) is 0 Å². The maximum Gasteiger partial charge on any atom is 0.312 e. The first-order valence-corrected chi connectivity index (χ1v) is 14.2. The quantitative estimate of drug-likeness (QED) is 0.114. The molecule has 1 fully saturated rings. The number of methoxy groups -OCH3 is 2. The number of carbonyl (C=O) groups excluding carboxylic acids is 1. The number of fused-ring (bicyclic) bond motifs is 1. The molecule has 0 amide bonds. The highest BCUT2D eigenvalue weighted by molar-refractivity contribution is 5.76. The van der Waals surface area contributed by atoms with Gasteiger partial charge in [-0.1, -0.05) is 91.0 Å². The predicted octanol–water partition coefficient (Wildman–Crippen LogP) is 6.03. The van der Waals surface area contributed by atoms with Gasteiger partial charge in [0, 0.05) is 25.2 Å². The van der Waals surface area contributed by atoms with Crippen molar-refractivity contribution in [1.29, 1.82) is 0 Å². The number of ether oxygens (including phenoxy) is 7. The third-order valence-corrected chi connectivity index (χ3v) is 7.89. The van der Waals surface area contributed by atoms with Crippen molar-refractivity contribution < 1.29 is 38.0 Å².